The summed E-state index contributed by atoms with van der Waals surface area (Å²) in [4.78, 5) is 0. The van der Waals surface area contributed by atoms with Gasteiger partial charge in [0.25, 0.3) is 0 Å². The maximum atomic E-state index is 13.2. The first-order chi connectivity index (χ1) is 8.53. The number of rotatable bonds is 4. The Kier molecular flexibility index (Phi) is 4.00. The maximum Gasteiger partial charge on any atom is 0.126 e. The maximum absolute atomic E-state index is 13.2. The Hall–Kier alpha value is -0.960. The summed E-state index contributed by atoms with van der Waals surface area (Å²) in [5, 5.41) is 3.33. The SMILES string of the molecule is CNC(Cc1cc(F)cc(F)c1)C1(C)CCCC1. The summed E-state index contributed by atoms with van der Waals surface area (Å²) in [6, 6.07) is 4.08. The van der Waals surface area contributed by atoms with Gasteiger partial charge in [-0.2, -0.15) is 0 Å². The Labute approximate surface area is 108 Å². The van der Waals surface area contributed by atoms with Gasteiger partial charge in [-0.05, 0) is 49.4 Å². The third-order valence-corrected chi connectivity index (χ3v) is 4.30. The van der Waals surface area contributed by atoms with E-state index in [1.807, 2.05) is 7.05 Å². The molecule has 0 heterocycles. The summed E-state index contributed by atoms with van der Waals surface area (Å²) >= 11 is 0. The molecule has 2 rings (SSSR count). The molecule has 100 valence electrons. The zero-order valence-corrected chi connectivity index (χ0v) is 11.1. The number of likely N-dealkylation sites (N-methyl/N-ethyl adjacent to an activating group) is 1. The van der Waals surface area contributed by atoms with Crippen LogP contribution in [0.3, 0.4) is 0 Å². The molecule has 1 nitrogen and oxygen atoms in total. The van der Waals surface area contributed by atoms with Crippen LogP contribution in [0.15, 0.2) is 18.2 Å². The van der Waals surface area contributed by atoms with Gasteiger partial charge in [0, 0.05) is 12.1 Å². The van der Waals surface area contributed by atoms with Crippen LogP contribution < -0.4 is 5.32 Å². The number of hydrogen-bond donors (Lipinski definition) is 1. The molecule has 1 atom stereocenters. The van der Waals surface area contributed by atoms with E-state index in [2.05, 4.69) is 12.2 Å². The monoisotopic (exact) mass is 253 g/mol. The van der Waals surface area contributed by atoms with Crippen LogP contribution in [0.25, 0.3) is 0 Å². The molecule has 1 aliphatic rings. The van der Waals surface area contributed by atoms with Crippen LogP contribution >= 0.6 is 0 Å². The average molecular weight is 253 g/mol. The molecule has 1 saturated carbocycles. The van der Waals surface area contributed by atoms with E-state index in [1.54, 1.807) is 0 Å². The van der Waals surface area contributed by atoms with Crippen molar-refractivity contribution in [2.75, 3.05) is 7.05 Å². The molecular weight excluding hydrogens is 232 g/mol. The summed E-state index contributed by atoms with van der Waals surface area (Å²) in [6.07, 6.45) is 5.58. The molecular formula is C15H21F2N. The fraction of sp³-hybridized carbons (Fsp3) is 0.600. The van der Waals surface area contributed by atoms with Crippen molar-refractivity contribution in [3.8, 4) is 0 Å². The van der Waals surface area contributed by atoms with Gasteiger partial charge in [-0.15, -0.1) is 0 Å². The lowest BCUT2D eigenvalue weighted by molar-refractivity contribution is 0.229. The summed E-state index contributed by atoms with van der Waals surface area (Å²) in [6.45, 7) is 2.27. The van der Waals surface area contributed by atoms with Gasteiger partial charge in [0.15, 0.2) is 0 Å². The molecule has 0 radical (unpaired) electrons. The third kappa shape index (κ3) is 2.89. The van der Waals surface area contributed by atoms with Crippen molar-refractivity contribution in [2.24, 2.45) is 5.41 Å². The standard InChI is InChI=1S/C15H21F2N/c1-15(5-3-4-6-15)14(18-2)9-11-7-12(16)10-13(17)8-11/h7-8,10,14,18H,3-6,9H2,1-2H3. The van der Waals surface area contributed by atoms with Gasteiger partial charge >= 0.3 is 0 Å². The second-order valence-electron chi connectivity index (χ2n) is 5.68. The van der Waals surface area contributed by atoms with Crippen molar-refractivity contribution in [3.05, 3.63) is 35.4 Å². The molecule has 1 aliphatic carbocycles. The molecule has 1 aromatic rings. The zero-order chi connectivity index (χ0) is 13.2. The average Bonchev–Trinajstić information content (AvgIpc) is 2.72. The molecule has 3 heteroatoms. The van der Waals surface area contributed by atoms with Crippen molar-refractivity contribution in [1.82, 2.24) is 5.32 Å². The summed E-state index contributed by atoms with van der Waals surface area (Å²) < 4.78 is 26.4. The Bertz CT molecular complexity index is 391. The Morgan fingerprint density at radius 2 is 1.72 bits per heavy atom. The first-order valence-electron chi connectivity index (χ1n) is 6.66. The molecule has 0 spiro atoms. The van der Waals surface area contributed by atoms with Crippen molar-refractivity contribution in [1.29, 1.82) is 0 Å². The number of halogens is 2. The fourth-order valence-electron chi connectivity index (χ4n) is 3.19. The number of benzene rings is 1. The molecule has 0 aliphatic heterocycles. The summed E-state index contributed by atoms with van der Waals surface area (Å²) in [7, 11) is 1.93. The van der Waals surface area contributed by atoms with E-state index < -0.39 is 11.6 Å². The van der Waals surface area contributed by atoms with Gasteiger partial charge in [0.1, 0.15) is 11.6 Å². The van der Waals surface area contributed by atoms with Crippen LogP contribution in [0, 0.1) is 17.0 Å². The smallest absolute Gasteiger partial charge is 0.126 e. The first-order valence-corrected chi connectivity index (χ1v) is 6.66. The zero-order valence-electron chi connectivity index (χ0n) is 11.1. The second kappa shape index (κ2) is 5.35. The largest absolute Gasteiger partial charge is 0.316 e. The molecule has 0 bridgehead atoms. The number of hydrogen-bond acceptors (Lipinski definition) is 1. The summed E-state index contributed by atoms with van der Waals surface area (Å²) in [5.41, 5.74) is 0.984. The molecule has 1 unspecified atom stereocenters. The van der Waals surface area contributed by atoms with Crippen LogP contribution in [0.5, 0.6) is 0 Å². The summed E-state index contributed by atoms with van der Waals surface area (Å²) in [5.74, 6) is -0.979. The quantitative estimate of drug-likeness (QED) is 0.863. The highest BCUT2D eigenvalue weighted by atomic mass is 19.1. The second-order valence-corrected chi connectivity index (χ2v) is 5.68. The van der Waals surface area contributed by atoms with E-state index in [0.717, 1.165) is 11.6 Å². The normalized spacial score (nSPS) is 20.0. The van der Waals surface area contributed by atoms with Gasteiger partial charge in [-0.3, -0.25) is 0 Å². The minimum atomic E-state index is -0.489. The van der Waals surface area contributed by atoms with Crippen molar-refractivity contribution in [2.45, 2.75) is 45.1 Å². The number of nitrogens with one attached hydrogen (secondary N) is 1. The van der Waals surface area contributed by atoms with Crippen molar-refractivity contribution < 1.29 is 8.78 Å². The minimum Gasteiger partial charge on any atom is -0.316 e. The fourth-order valence-corrected chi connectivity index (χ4v) is 3.19. The van der Waals surface area contributed by atoms with Gasteiger partial charge in [-0.25, -0.2) is 8.78 Å². The Balaban J connectivity index is 2.14. The third-order valence-electron chi connectivity index (χ3n) is 4.30. The molecule has 0 aromatic heterocycles. The Morgan fingerprint density at radius 1 is 1.17 bits per heavy atom. The van der Waals surface area contributed by atoms with E-state index in [-0.39, 0.29) is 11.5 Å². The highest BCUT2D eigenvalue weighted by Crippen LogP contribution is 2.41. The predicted octanol–water partition coefficient (Wildman–Crippen LogP) is 3.68. The van der Waals surface area contributed by atoms with Gasteiger partial charge < -0.3 is 5.32 Å². The molecule has 18 heavy (non-hydrogen) atoms. The van der Waals surface area contributed by atoms with Gasteiger partial charge in [0.2, 0.25) is 0 Å². The lowest BCUT2D eigenvalue weighted by Gasteiger charge is -2.34. The molecule has 1 aromatic carbocycles. The molecule has 0 amide bonds. The van der Waals surface area contributed by atoms with Crippen LogP contribution in [-0.2, 0) is 6.42 Å². The lowest BCUT2D eigenvalue weighted by Crippen LogP contribution is -2.41. The van der Waals surface area contributed by atoms with E-state index in [4.69, 9.17) is 0 Å². The lowest BCUT2D eigenvalue weighted by atomic mass is 9.78. The van der Waals surface area contributed by atoms with E-state index in [1.165, 1.54) is 37.8 Å². The topological polar surface area (TPSA) is 12.0 Å². The van der Waals surface area contributed by atoms with Crippen molar-refractivity contribution in [3.63, 3.8) is 0 Å². The predicted molar refractivity (Wildman–Crippen MR) is 69.5 cm³/mol. The minimum absolute atomic E-state index is 0.248. The highest BCUT2D eigenvalue weighted by molar-refractivity contribution is 5.19. The molecule has 0 saturated heterocycles. The molecule has 1 N–H and O–H groups in total. The first kappa shape index (κ1) is 13.5. The Morgan fingerprint density at radius 3 is 2.22 bits per heavy atom. The van der Waals surface area contributed by atoms with Crippen molar-refractivity contribution >= 4 is 0 Å². The van der Waals surface area contributed by atoms with Gasteiger partial charge in [0.05, 0.1) is 0 Å². The van der Waals surface area contributed by atoms with Crippen LogP contribution in [-0.4, -0.2) is 13.1 Å². The van der Waals surface area contributed by atoms with Crippen LogP contribution in [0.4, 0.5) is 8.78 Å². The molecule has 1 fully saturated rings. The van der Waals surface area contributed by atoms with Crippen LogP contribution in [0.2, 0.25) is 0 Å². The van der Waals surface area contributed by atoms with Crippen LogP contribution in [0.1, 0.15) is 38.2 Å². The van der Waals surface area contributed by atoms with E-state index >= 15 is 0 Å². The highest BCUT2D eigenvalue weighted by Gasteiger charge is 2.36. The van der Waals surface area contributed by atoms with E-state index in [9.17, 15) is 8.78 Å². The van der Waals surface area contributed by atoms with E-state index in [0.29, 0.717) is 6.42 Å². The van der Waals surface area contributed by atoms with Gasteiger partial charge in [-0.1, -0.05) is 19.8 Å².